The molecule has 0 aliphatic carbocycles. The lowest BCUT2D eigenvalue weighted by molar-refractivity contribution is -0.139. The van der Waals surface area contributed by atoms with Crippen LogP contribution < -0.4 is 5.32 Å². The largest absolute Gasteiger partial charge is 0.479 e. The maximum absolute atomic E-state index is 11.9. The molecule has 0 radical (unpaired) electrons. The van der Waals surface area contributed by atoms with Gasteiger partial charge in [0.1, 0.15) is 6.61 Å². The molecule has 0 aliphatic rings. The lowest BCUT2D eigenvalue weighted by Gasteiger charge is -2.16. The number of carbonyl (C=O) groups is 2. The van der Waals surface area contributed by atoms with Crippen LogP contribution in [-0.4, -0.2) is 17.2 Å². The van der Waals surface area contributed by atoms with E-state index in [2.05, 4.69) is 19.2 Å². The van der Waals surface area contributed by atoms with E-state index in [0.29, 0.717) is 11.5 Å². The fourth-order valence-electron chi connectivity index (χ4n) is 2.24. The minimum absolute atomic E-state index is 0.0886. The second kappa shape index (κ2) is 8.15. The molecule has 0 heterocycles. The highest BCUT2D eigenvalue weighted by Gasteiger charge is 2.22. The van der Waals surface area contributed by atoms with Crippen LogP contribution in [0.15, 0.2) is 54.6 Å². The molecule has 24 heavy (non-hydrogen) atoms. The number of rotatable bonds is 6. The van der Waals surface area contributed by atoms with Gasteiger partial charge < -0.3 is 15.2 Å². The zero-order chi connectivity index (χ0) is 17.5. The van der Waals surface area contributed by atoms with Crippen molar-refractivity contribution in [3.63, 3.8) is 0 Å². The van der Waals surface area contributed by atoms with Gasteiger partial charge in [0.15, 0.2) is 6.04 Å². The number of nitrogens with one attached hydrogen (secondary N) is 1. The van der Waals surface area contributed by atoms with Crippen LogP contribution in [0.5, 0.6) is 0 Å². The van der Waals surface area contributed by atoms with Crippen molar-refractivity contribution in [1.29, 1.82) is 0 Å². The Balaban J connectivity index is 2.00. The summed E-state index contributed by atoms with van der Waals surface area (Å²) < 4.78 is 5.08. The molecule has 126 valence electrons. The molecule has 2 N–H and O–H groups in total. The monoisotopic (exact) mass is 327 g/mol. The van der Waals surface area contributed by atoms with Crippen LogP contribution in [0.4, 0.5) is 4.79 Å². The van der Waals surface area contributed by atoms with Crippen LogP contribution in [0.2, 0.25) is 0 Å². The fraction of sp³-hybridized carbons (Fsp3) is 0.263. The van der Waals surface area contributed by atoms with E-state index >= 15 is 0 Å². The first-order valence-electron chi connectivity index (χ1n) is 7.77. The molecule has 0 saturated heterocycles. The first-order valence-corrected chi connectivity index (χ1v) is 7.77. The Kier molecular flexibility index (Phi) is 5.95. The van der Waals surface area contributed by atoms with E-state index in [-0.39, 0.29) is 6.61 Å². The fourth-order valence-corrected chi connectivity index (χ4v) is 2.24. The number of amides is 1. The van der Waals surface area contributed by atoms with Gasteiger partial charge in [-0.05, 0) is 22.6 Å². The van der Waals surface area contributed by atoms with Crippen LogP contribution in [0.1, 0.15) is 42.5 Å². The molecule has 0 aromatic heterocycles. The number of alkyl carbamates (subject to hydrolysis) is 1. The van der Waals surface area contributed by atoms with Crippen molar-refractivity contribution in [1.82, 2.24) is 5.32 Å². The molecule has 0 fully saturated rings. The average Bonchev–Trinajstić information content (AvgIpc) is 2.58. The Bertz CT molecular complexity index is 680. The molecule has 1 amide bonds. The van der Waals surface area contributed by atoms with Gasteiger partial charge in [-0.3, -0.25) is 0 Å². The minimum Gasteiger partial charge on any atom is -0.479 e. The second-order valence-corrected chi connectivity index (χ2v) is 5.80. The summed E-state index contributed by atoms with van der Waals surface area (Å²) in [5.41, 5.74) is 2.44. The van der Waals surface area contributed by atoms with Crippen molar-refractivity contribution in [2.75, 3.05) is 0 Å². The van der Waals surface area contributed by atoms with Gasteiger partial charge in [-0.15, -0.1) is 0 Å². The summed E-state index contributed by atoms with van der Waals surface area (Å²) in [4.78, 5) is 23.3. The SMILES string of the molecule is CC(C)c1ccc(C(NC(=O)OCc2ccccc2)C(=O)O)cc1. The van der Waals surface area contributed by atoms with Crippen molar-refractivity contribution >= 4 is 12.1 Å². The quantitative estimate of drug-likeness (QED) is 0.844. The molecule has 0 saturated carbocycles. The number of ether oxygens (including phenoxy) is 1. The zero-order valence-corrected chi connectivity index (χ0v) is 13.7. The summed E-state index contributed by atoms with van der Waals surface area (Å²) in [7, 11) is 0. The lowest BCUT2D eigenvalue weighted by Crippen LogP contribution is -2.34. The third-order valence-electron chi connectivity index (χ3n) is 3.66. The Labute approximate surface area is 141 Å². The van der Waals surface area contributed by atoms with Gasteiger partial charge in [0, 0.05) is 0 Å². The van der Waals surface area contributed by atoms with Crippen LogP contribution in [-0.2, 0) is 16.1 Å². The molecule has 0 spiro atoms. The Morgan fingerprint density at radius 2 is 1.58 bits per heavy atom. The number of carboxylic acid groups (broad SMARTS) is 1. The highest BCUT2D eigenvalue weighted by Crippen LogP contribution is 2.19. The van der Waals surface area contributed by atoms with Crippen molar-refractivity contribution in [3.05, 3.63) is 71.3 Å². The smallest absolute Gasteiger partial charge is 0.408 e. The molecular formula is C19H21NO4. The van der Waals surface area contributed by atoms with Crippen molar-refractivity contribution in [2.24, 2.45) is 0 Å². The highest BCUT2D eigenvalue weighted by molar-refractivity contribution is 5.81. The van der Waals surface area contributed by atoms with Gasteiger partial charge in [0.2, 0.25) is 0 Å². The standard InChI is InChI=1S/C19H21NO4/c1-13(2)15-8-10-16(11-9-15)17(18(21)22)20-19(23)24-12-14-6-4-3-5-7-14/h3-11,13,17H,12H2,1-2H3,(H,20,23)(H,21,22). The molecule has 2 aromatic carbocycles. The Morgan fingerprint density at radius 3 is 2.12 bits per heavy atom. The molecule has 0 aliphatic heterocycles. The first-order chi connectivity index (χ1) is 11.5. The molecule has 1 atom stereocenters. The van der Waals surface area contributed by atoms with Gasteiger partial charge in [-0.25, -0.2) is 9.59 Å². The van der Waals surface area contributed by atoms with Gasteiger partial charge in [-0.1, -0.05) is 68.4 Å². The van der Waals surface area contributed by atoms with Crippen LogP contribution >= 0.6 is 0 Å². The first kappa shape index (κ1) is 17.5. The second-order valence-electron chi connectivity index (χ2n) is 5.80. The predicted octanol–water partition coefficient (Wildman–Crippen LogP) is 3.86. The summed E-state index contributed by atoms with van der Waals surface area (Å²) in [6.45, 7) is 4.21. The minimum atomic E-state index is -1.14. The summed E-state index contributed by atoms with van der Waals surface area (Å²) in [6.07, 6.45) is -0.765. The van der Waals surface area contributed by atoms with Gasteiger partial charge >= 0.3 is 12.1 Å². The van der Waals surface area contributed by atoms with E-state index in [1.165, 1.54) is 0 Å². The van der Waals surface area contributed by atoms with Gasteiger partial charge in [0.25, 0.3) is 0 Å². The number of carboxylic acids is 1. The van der Waals surface area contributed by atoms with E-state index in [9.17, 15) is 14.7 Å². The normalized spacial score (nSPS) is 11.8. The third-order valence-corrected chi connectivity index (χ3v) is 3.66. The molecular weight excluding hydrogens is 306 g/mol. The van der Waals surface area contributed by atoms with Gasteiger partial charge in [0.05, 0.1) is 0 Å². The Hall–Kier alpha value is -2.82. The summed E-state index contributed by atoms with van der Waals surface area (Å²) >= 11 is 0. The van der Waals surface area contributed by atoms with E-state index in [0.717, 1.165) is 11.1 Å². The molecule has 2 rings (SSSR count). The van der Waals surface area contributed by atoms with E-state index < -0.39 is 18.1 Å². The lowest BCUT2D eigenvalue weighted by atomic mass is 9.99. The third kappa shape index (κ3) is 4.84. The van der Waals surface area contributed by atoms with Crippen molar-refractivity contribution in [3.8, 4) is 0 Å². The number of aliphatic carboxylic acids is 1. The predicted molar refractivity (Wildman–Crippen MR) is 90.7 cm³/mol. The summed E-state index contributed by atoms with van der Waals surface area (Å²) in [5.74, 6) is -0.782. The van der Waals surface area contributed by atoms with Crippen LogP contribution in [0.25, 0.3) is 0 Å². The molecule has 5 nitrogen and oxygen atoms in total. The number of hydrogen-bond acceptors (Lipinski definition) is 3. The van der Waals surface area contributed by atoms with Crippen molar-refractivity contribution in [2.45, 2.75) is 32.4 Å². The van der Waals surface area contributed by atoms with Crippen molar-refractivity contribution < 1.29 is 19.4 Å². The highest BCUT2D eigenvalue weighted by atomic mass is 16.5. The van der Waals surface area contributed by atoms with E-state index in [1.807, 2.05) is 42.5 Å². The molecule has 0 bridgehead atoms. The molecule has 2 aromatic rings. The molecule has 1 unspecified atom stereocenters. The zero-order valence-electron chi connectivity index (χ0n) is 13.7. The maximum Gasteiger partial charge on any atom is 0.408 e. The average molecular weight is 327 g/mol. The number of benzene rings is 2. The van der Waals surface area contributed by atoms with E-state index in [4.69, 9.17) is 4.74 Å². The summed E-state index contributed by atoms with van der Waals surface area (Å²) in [5, 5.41) is 11.8. The number of carbonyl (C=O) groups excluding carboxylic acids is 1. The van der Waals surface area contributed by atoms with E-state index in [1.54, 1.807) is 12.1 Å². The van der Waals surface area contributed by atoms with Crippen LogP contribution in [0.3, 0.4) is 0 Å². The Morgan fingerprint density at radius 1 is 1.00 bits per heavy atom. The summed E-state index contributed by atoms with van der Waals surface area (Å²) in [6, 6.07) is 15.2. The number of hydrogen-bond donors (Lipinski definition) is 2. The van der Waals surface area contributed by atoms with Crippen LogP contribution in [0, 0.1) is 0 Å². The topological polar surface area (TPSA) is 75.6 Å². The maximum atomic E-state index is 11.9. The molecule has 5 heteroatoms. The van der Waals surface area contributed by atoms with Gasteiger partial charge in [-0.2, -0.15) is 0 Å².